The number of aromatic nitrogens is 1. The van der Waals surface area contributed by atoms with E-state index in [0.717, 1.165) is 38.9 Å². The lowest BCUT2D eigenvalue weighted by atomic mass is 9.62. The van der Waals surface area contributed by atoms with Crippen molar-refractivity contribution >= 4 is 5.69 Å². The highest BCUT2D eigenvalue weighted by Gasteiger charge is 2.51. The third kappa shape index (κ3) is 4.79. The zero-order valence-corrected chi connectivity index (χ0v) is 19.7. The molecule has 4 heterocycles. The first-order valence-corrected chi connectivity index (χ1v) is 12.7. The molecule has 1 aliphatic carbocycles. The van der Waals surface area contributed by atoms with Crippen molar-refractivity contribution in [2.24, 2.45) is 17.8 Å². The Balaban J connectivity index is 1.34. The van der Waals surface area contributed by atoms with E-state index in [2.05, 4.69) is 26.1 Å². The number of anilines is 1. The molecule has 10 heteroatoms. The normalized spacial score (nSPS) is 34.6. The lowest BCUT2D eigenvalue weighted by Crippen LogP contribution is -2.55. The topological polar surface area (TPSA) is 55.5 Å². The van der Waals surface area contributed by atoms with Crippen LogP contribution in [0.3, 0.4) is 0 Å². The fourth-order valence-corrected chi connectivity index (χ4v) is 6.90. The standard InChI is InChI=1S/C24H36F4N6/c1-14-9-17-16(3-4-19-18(17)10-29-32-19)23(34(14)13-22(26)27)20-5-6-21(24(28)31-20)30-15-11-33(12-15)8-2-7-25/h5-6,14-19,22-23,29-30,32H,2-4,7-13H2,1H3/t14-,16?,17?,18?,19?,23+/m1/s1. The van der Waals surface area contributed by atoms with E-state index in [1.807, 2.05) is 17.9 Å². The number of nitrogens with zero attached hydrogens (tertiary/aromatic N) is 3. The van der Waals surface area contributed by atoms with Gasteiger partial charge in [-0.15, -0.1) is 0 Å². The fourth-order valence-electron chi connectivity index (χ4n) is 6.90. The van der Waals surface area contributed by atoms with Crippen molar-refractivity contribution in [3.8, 4) is 0 Å². The van der Waals surface area contributed by atoms with E-state index in [0.29, 0.717) is 42.2 Å². The van der Waals surface area contributed by atoms with E-state index >= 15 is 4.39 Å². The Morgan fingerprint density at radius 1 is 1.18 bits per heavy atom. The number of rotatable bonds is 8. The Morgan fingerprint density at radius 2 is 2.00 bits per heavy atom. The summed E-state index contributed by atoms with van der Waals surface area (Å²) >= 11 is 0. The van der Waals surface area contributed by atoms with Crippen LogP contribution >= 0.6 is 0 Å². The number of hydrogen-bond donors (Lipinski definition) is 3. The molecular weight excluding hydrogens is 448 g/mol. The van der Waals surface area contributed by atoms with Crippen molar-refractivity contribution in [1.82, 2.24) is 25.6 Å². The van der Waals surface area contributed by atoms with Gasteiger partial charge < -0.3 is 5.32 Å². The molecule has 0 radical (unpaired) electrons. The summed E-state index contributed by atoms with van der Waals surface area (Å²) in [5.41, 5.74) is 7.55. The summed E-state index contributed by atoms with van der Waals surface area (Å²) in [6, 6.07) is 3.72. The number of pyridine rings is 1. The number of alkyl halides is 3. The maximum Gasteiger partial charge on any atom is 0.251 e. The molecule has 4 aliphatic rings. The monoisotopic (exact) mass is 484 g/mol. The molecule has 3 N–H and O–H groups in total. The second kappa shape index (κ2) is 10.2. The van der Waals surface area contributed by atoms with E-state index < -0.39 is 12.4 Å². The van der Waals surface area contributed by atoms with Crippen LogP contribution < -0.4 is 16.2 Å². The molecule has 3 saturated heterocycles. The van der Waals surface area contributed by atoms with Crippen molar-refractivity contribution in [3.05, 3.63) is 23.8 Å². The van der Waals surface area contributed by atoms with Crippen molar-refractivity contribution in [1.29, 1.82) is 0 Å². The average Bonchev–Trinajstić information content (AvgIpc) is 3.26. The molecule has 3 aliphatic heterocycles. The SMILES string of the molecule is C[C@@H]1CC2C3CNNC3CCC2[C@@H](c2ccc(NC3CN(CCCF)C3)c(F)n2)N1CC(F)F. The van der Waals surface area contributed by atoms with E-state index in [1.54, 1.807) is 6.07 Å². The number of hydrogen-bond acceptors (Lipinski definition) is 6. The van der Waals surface area contributed by atoms with Crippen LogP contribution in [0.15, 0.2) is 12.1 Å². The summed E-state index contributed by atoms with van der Waals surface area (Å²) in [5, 5.41) is 3.20. The molecule has 4 unspecified atom stereocenters. The second-order valence-corrected chi connectivity index (χ2v) is 10.5. The van der Waals surface area contributed by atoms with Crippen LogP contribution in [0.25, 0.3) is 0 Å². The maximum atomic E-state index is 15.1. The lowest BCUT2D eigenvalue weighted by Gasteiger charge is -2.53. The summed E-state index contributed by atoms with van der Waals surface area (Å²) in [4.78, 5) is 8.33. The molecule has 1 saturated carbocycles. The number of piperidine rings is 1. The highest BCUT2D eigenvalue weighted by atomic mass is 19.3. The van der Waals surface area contributed by atoms with Crippen LogP contribution in [0.4, 0.5) is 23.2 Å². The predicted molar refractivity (Wildman–Crippen MR) is 123 cm³/mol. The second-order valence-electron chi connectivity index (χ2n) is 10.5. The molecule has 5 rings (SSSR count). The third-order valence-electron chi connectivity index (χ3n) is 8.44. The molecular formula is C24H36F4N6. The smallest absolute Gasteiger partial charge is 0.251 e. The molecule has 0 bridgehead atoms. The molecule has 0 amide bonds. The van der Waals surface area contributed by atoms with Crippen LogP contribution in [-0.4, -0.2) is 78.7 Å². The van der Waals surface area contributed by atoms with Gasteiger partial charge in [-0.25, -0.2) is 13.8 Å². The summed E-state index contributed by atoms with van der Waals surface area (Å²) < 4.78 is 54.6. The maximum absolute atomic E-state index is 15.1. The molecule has 34 heavy (non-hydrogen) atoms. The van der Waals surface area contributed by atoms with E-state index in [-0.39, 0.29) is 37.3 Å². The summed E-state index contributed by atoms with van der Waals surface area (Å²) in [6.07, 6.45) is 0.841. The molecule has 1 aromatic heterocycles. The number of nitrogens with one attached hydrogen (secondary N) is 3. The molecule has 190 valence electrons. The molecule has 1 aromatic rings. The zero-order chi connectivity index (χ0) is 23.8. The minimum atomic E-state index is -2.45. The first-order valence-electron chi connectivity index (χ1n) is 12.7. The molecule has 6 atom stereocenters. The van der Waals surface area contributed by atoms with E-state index in [1.165, 1.54) is 0 Å². The van der Waals surface area contributed by atoms with Gasteiger partial charge in [-0.1, -0.05) is 0 Å². The molecule has 4 fully saturated rings. The molecule has 0 spiro atoms. The van der Waals surface area contributed by atoms with Crippen molar-refractivity contribution in [2.45, 2.75) is 63.2 Å². The Morgan fingerprint density at radius 3 is 2.74 bits per heavy atom. The number of likely N-dealkylation sites (tertiary alicyclic amines) is 2. The van der Waals surface area contributed by atoms with Gasteiger partial charge in [0, 0.05) is 38.3 Å². The average molecular weight is 485 g/mol. The van der Waals surface area contributed by atoms with Gasteiger partial charge in [-0.3, -0.25) is 25.0 Å². The first kappa shape index (κ1) is 24.2. The number of hydrazine groups is 1. The van der Waals surface area contributed by atoms with Gasteiger partial charge in [0.15, 0.2) is 0 Å². The van der Waals surface area contributed by atoms with Gasteiger partial charge in [0.1, 0.15) is 0 Å². The van der Waals surface area contributed by atoms with Gasteiger partial charge in [0.25, 0.3) is 6.43 Å². The quantitative estimate of drug-likeness (QED) is 0.389. The summed E-state index contributed by atoms with van der Waals surface area (Å²) in [5.74, 6) is 0.453. The fraction of sp³-hybridized carbons (Fsp3) is 0.792. The highest BCUT2D eigenvalue weighted by molar-refractivity contribution is 5.44. The predicted octanol–water partition coefficient (Wildman–Crippen LogP) is 3.20. The zero-order valence-electron chi connectivity index (χ0n) is 19.7. The lowest BCUT2D eigenvalue weighted by molar-refractivity contribution is -0.0626. The largest absolute Gasteiger partial charge is 0.376 e. The number of halogens is 4. The van der Waals surface area contributed by atoms with Crippen LogP contribution in [0, 0.1) is 23.7 Å². The first-order chi connectivity index (χ1) is 16.4. The minimum absolute atomic E-state index is 0.0208. The molecule has 0 aromatic carbocycles. The van der Waals surface area contributed by atoms with Gasteiger partial charge in [0.2, 0.25) is 5.95 Å². The Kier molecular flexibility index (Phi) is 7.30. The van der Waals surface area contributed by atoms with Crippen LogP contribution in [0.5, 0.6) is 0 Å². The van der Waals surface area contributed by atoms with Gasteiger partial charge >= 0.3 is 0 Å². The third-order valence-corrected chi connectivity index (χ3v) is 8.44. The minimum Gasteiger partial charge on any atom is -0.376 e. The van der Waals surface area contributed by atoms with Gasteiger partial charge in [-0.05, 0) is 62.5 Å². The van der Waals surface area contributed by atoms with Crippen molar-refractivity contribution in [3.63, 3.8) is 0 Å². The van der Waals surface area contributed by atoms with Crippen LogP contribution in [0.1, 0.15) is 44.3 Å². The van der Waals surface area contributed by atoms with Gasteiger partial charge in [0.05, 0.1) is 36.7 Å². The van der Waals surface area contributed by atoms with Gasteiger partial charge in [-0.2, -0.15) is 4.39 Å². The Hall–Kier alpha value is -1.49. The van der Waals surface area contributed by atoms with Crippen molar-refractivity contribution < 1.29 is 17.6 Å². The number of fused-ring (bicyclic) bond motifs is 3. The highest BCUT2D eigenvalue weighted by Crippen LogP contribution is 2.51. The molecule has 6 nitrogen and oxygen atoms in total. The van der Waals surface area contributed by atoms with Crippen LogP contribution in [-0.2, 0) is 0 Å². The summed E-state index contributed by atoms with van der Waals surface area (Å²) in [6.45, 7) is 4.46. The van der Waals surface area contributed by atoms with E-state index in [4.69, 9.17) is 0 Å². The van der Waals surface area contributed by atoms with E-state index in [9.17, 15) is 13.2 Å². The Labute approximate surface area is 198 Å². The Bertz CT molecular complexity index is 838. The van der Waals surface area contributed by atoms with Crippen molar-refractivity contribution in [2.75, 3.05) is 44.7 Å². The summed E-state index contributed by atoms with van der Waals surface area (Å²) in [7, 11) is 0. The van der Waals surface area contributed by atoms with Crippen LogP contribution in [0.2, 0.25) is 0 Å².